The number of halogens is 3. The average molecular weight is 458 g/mol. The van der Waals surface area contributed by atoms with Crippen LogP contribution in [0.3, 0.4) is 0 Å². The highest BCUT2D eigenvalue weighted by Gasteiger charge is 2.43. The Balaban J connectivity index is 1.13. The molecule has 172 valence electrons. The van der Waals surface area contributed by atoms with Gasteiger partial charge in [-0.2, -0.15) is 28.6 Å². The van der Waals surface area contributed by atoms with Crippen molar-refractivity contribution in [2.24, 2.45) is 11.8 Å². The van der Waals surface area contributed by atoms with E-state index >= 15 is 0 Å². The Bertz CT molecular complexity index is 1180. The number of carbonyl (C=O) groups is 2. The molecule has 8 nitrogen and oxygen atoms in total. The van der Waals surface area contributed by atoms with Crippen molar-refractivity contribution >= 4 is 22.8 Å². The van der Waals surface area contributed by atoms with Crippen molar-refractivity contribution in [3.8, 4) is 0 Å². The molecule has 1 aromatic carbocycles. The number of fused-ring (bicyclic) bond motifs is 2. The number of aromatic nitrogens is 4. The lowest BCUT2D eigenvalue weighted by molar-refractivity contribution is -0.141. The predicted molar refractivity (Wildman–Crippen MR) is 111 cm³/mol. The second-order valence-corrected chi connectivity index (χ2v) is 8.61. The summed E-state index contributed by atoms with van der Waals surface area (Å²) in [5, 5.41) is 10.6. The lowest BCUT2D eigenvalue weighted by atomic mass is 10.0. The van der Waals surface area contributed by atoms with Crippen molar-refractivity contribution in [1.29, 1.82) is 0 Å². The highest BCUT2D eigenvalue weighted by molar-refractivity contribution is 5.97. The van der Waals surface area contributed by atoms with Gasteiger partial charge in [0.25, 0.3) is 5.91 Å². The van der Waals surface area contributed by atoms with E-state index in [0.29, 0.717) is 54.8 Å². The Kier molecular flexibility index (Phi) is 5.26. The molecule has 0 saturated carbocycles. The van der Waals surface area contributed by atoms with Crippen LogP contribution in [-0.2, 0) is 17.4 Å². The Morgan fingerprint density at radius 3 is 2.33 bits per heavy atom. The topological polar surface area (TPSA) is 95.1 Å². The SMILES string of the molecule is O=C(CCc1ccc(C(F)(F)F)nc1)N1CC2CN(C(=O)c3ccc4n[nH]nc4c3)CC2C1. The Labute approximate surface area is 186 Å². The molecule has 2 aliphatic heterocycles. The minimum absolute atomic E-state index is 0.0290. The maximum Gasteiger partial charge on any atom is 0.433 e. The summed E-state index contributed by atoms with van der Waals surface area (Å²) >= 11 is 0. The number of H-pyrrole nitrogens is 1. The zero-order valence-corrected chi connectivity index (χ0v) is 17.5. The van der Waals surface area contributed by atoms with Gasteiger partial charge in [0.2, 0.25) is 5.91 Å². The van der Waals surface area contributed by atoms with Crippen LogP contribution in [0.15, 0.2) is 36.5 Å². The van der Waals surface area contributed by atoms with Gasteiger partial charge in [-0.25, -0.2) is 0 Å². The Hall–Kier alpha value is -3.50. The molecule has 2 aromatic heterocycles. The lowest BCUT2D eigenvalue weighted by Gasteiger charge is -2.22. The summed E-state index contributed by atoms with van der Waals surface area (Å²) in [6.07, 6.45) is -2.74. The smallest absolute Gasteiger partial charge is 0.342 e. The van der Waals surface area contributed by atoms with Gasteiger partial charge < -0.3 is 9.80 Å². The number of aromatic amines is 1. The molecule has 2 atom stereocenters. The molecule has 11 heteroatoms. The van der Waals surface area contributed by atoms with Crippen LogP contribution in [-0.4, -0.2) is 68.2 Å². The van der Waals surface area contributed by atoms with Gasteiger partial charge in [0.05, 0.1) is 0 Å². The van der Waals surface area contributed by atoms with E-state index in [1.54, 1.807) is 23.1 Å². The van der Waals surface area contributed by atoms with E-state index in [4.69, 9.17) is 0 Å². The fraction of sp³-hybridized carbons (Fsp3) is 0.409. The van der Waals surface area contributed by atoms with Gasteiger partial charge in [-0.05, 0) is 36.2 Å². The Morgan fingerprint density at radius 2 is 1.67 bits per heavy atom. The van der Waals surface area contributed by atoms with Crippen LogP contribution < -0.4 is 0 Å². The maximum atomic E-state index is 12.9. The first-order chi connectivity index (χ1) is 15.8. The summed E-state index contributed by atoms with van der Waals surface area (Å²) in [6.45, 7) is 2.35. The molecule has 0 aliphatic carbocycles. The second-order valence-electron chi connectivity index (χ2n) is 8.61. The third-order valence-electron chi connectivity index (χ3n) is 6.43. The van der Waals surface area contributed by atoms with E-state index in [2.05, 4.69) is 20.4 Å². The molecule has 2 unspecified atom stereocenters. The van der Waals surface area contributed by atoms with E-state index < -0.39 is 11.9 Å². The molecular weight excluding hydrogens is 437 g/mol. The number of likely N-dealkylation sites (tertiary alicyclic amines) is 2. The summed E-state index contributed by atoms with van der Waals surface area (Å²) < 4.78 is 37.9. The van der Waals surface area contributed by atoms with Crippen LogP contribution in [0.4, 0.5) is 13.2 Å². The molecule has 2 amide bonds. The van der Waals surface area contributed by atoms with Gasteiger partial charge in [-0.1, -0.05) is 6.07 Å². The van der Waals surface area contributed by atoms with Crippen LogP contribution in [0, 0.1) is 11.8 Å². The number of benzene rings is 1. The fourth-order valence-corrected chi connectivity index (χ4v) is 4.67. The molecular formula is C22H21F3N6O2. The van der Waals surface area contributed by atoms with Gasteiger partial charge in [0, 0.05) is 56.2 Å². The van der Waals surface area contributed by atoms with Crippen LogP contribution >= 0.6 is 0 Å². The van der Waals surface area contributed by atoms with Crippen LogP contribution in [0.25, 0.3) is 11.0 Å². The molecule has 2 saturated heterocycles. The van der Waals surface area contributed by atoms with Gasteiger partial charge >= 0.3 is 6.18 Å². The molecule has 2 fully saturated rings. The number of nitrogens with zero attached hydrogens (tertiary/aromatic N) is 5. The summed E-state index contributed by atoms with van der Waals surface area (Å²) in [7, 11) is 0. The quantitative estimate of drug-likeness (QED) is 0.649. The molecule has 3 aromatic rings. The first-order valence-corrected chi connectivity index (χ1v) is 10.7. The number of hydrogen-bond donors (Lipinski definition) is 1. The minimum Gasteiger partial charge on any atom is -0.342 e. The van der Waals surface area contributed by atoms with Crippen LogP contribution in [0.1, 0.15) is 28.0 Å². The number of nitrogens with one attached hydrogen (secondary N) is 1. The largest absolute Gasteiger partial charge is 0.433 e. The van der Waals surface area contributed by atoms with Crippen molar-refractivity contribution in [3.63, 3.8) is 0 Å². The van der Waals surface area contributed by atoms with E-state index in [0.717, 1.165) is 6.07 Å². The van der Waals surface area contributed by atoms with E-state index in [-0.39, 0.29) is 30.1 Å². The molecule has 0 bridgehead atoms. The molecule has 5 rings (SSSR count). The number of pyridine rings is 1. The van der Waals surface area contributed by atoms with Crippen molar-refractivity contribution in [3.05, 3.63) is 53.3 Å². The van der Waals surface area contributed by atoms with E-state index in [1.165, 1.54) is 12.3 Å². The monoisotopic (exact) mass is 458 g/mol. The highest BCUT2D eigenvalue weighted by Crippen LogP contribution is 2.32. The molecule has 2 aliphatic rings. The van der Waals surface area contributed by atoms with Crippen molar-refractivity contribution in [1.82, 2.24) is 30.2 Å². The normalized spacial score (nSPS) is 20.5. The van der Waals surface area contributed by atoms with Crippen molar-refractivity contribution in [2.45, 2.75) is 19.0 Å². The standard InChI is InChI=1S/C22H21F3N6O2/c23-22(24,25)19-5-1-13(8-26-19)2-6-20(32)30-9-15-11-31(12-16(15)10-30)21(33)14-3-4-17-18(7-14)28-29-27-17/h1,3-5,7-8,15-16H,2,6,9-12H2,(H,27,28,29). The van der Waals surface area contributed by atoms with Crippen LogP contribution in [0.5, 0.6) is 0 Å². The zero-order valence-electron chi connectivity index (χ0n) is 17.5. The molecule has 1 N–H and O–H groups in total. The fourth-order valence-electron chi connectivity index (χ4n) is 4.67. The second kappa shape index (κ2) is 8.13. The van der Waals surface area contributed by atoms with Crippen LogP contribution in [0.2, 0.25) is 0 Å². The van der Waals surface area contributed by atoms with E-state index in [1.807, 2.05) is 4.90 Å². The molecule has 4 heterocycles. The van der Waals surface area contributed by atoms with E-state index in [9.17, 15) is 22.8 Å². The molecule has 33 heavy (non-hydrogen) atoms. The van der Waals surface area contributed by atoms with Crippen molar-refractivity contribution in [2.75, 3.05) is 26.2 Å². The zero-order chi connectivity index (χ0) is 23.2. The van der Waals surface area contributed by atoms with Gasteiger partial charge in [-0.15, -0.1) is 0 Å². The summed E-state index contributed by atoms with van der Waals surface area (Å²) in [4.78, 5) is 32.6. The number of alkyl halides is 3. The number of amides is 2. The van der Waals surface area contributed by atoms with Gasteiger partial charge in [0.15, 0.2) is 0 Å². The maximum absolute atomic E-state index is 12.9. The average Bonchev–Trinajstić information content (AvgIpc) is 3.50. The lowest BCUT2D eigenvalue weighted by Crippen LogP contribution is -2.35. The number of hydrogen-bond acceptors (Lipinski definition) is 5. The molecule has 0 spiro atoms. The minimum atomic E-state index is -4.47. The number of aryl methyl sites for hydroxylation is 1. The van der Waals surface area contributed by atoms with Crippen molar-refractivity contribution < 1.29 is 22.8 Å². The third-order valence-corrected chi connectivity index (χ3v) is 6.43. The first kappa shape index (κ1) is 21.4. The van der Waals surface area contributed by atoms with Gasteiger partial charge in [-0.3, -0.25) is 14.6 Å². The number of carbonyl (C=O) groups excluding carboxylic acids is 2. The highest BCUT2D eigenvalue weighted by atomic mass is 19.4. The Morgan fingerprint density at radius 1 is 0.970 bits per heavy atom. The first-order valence-electron chi connectivity index (χ1n) is 10.7. The summed E-state index contributed by atoms with van der Waals surface area (Å²) in [5.41, 5.74) is 1.56. The molecule has 0 radical (unpaired) electrons. The summed E-state index contributed by atoms with van der Waals surface area (Å²) in [6, 6.07) is 7.53. The predicted octanol–water partition coefficient (Wildman–Crippen LogP) is 2.53. The van der Waals surface area contributed by atoms with Gasteiger partial charge in [0.1, 0.15) is 16.7 Å². The number of rotatable bonds is 4. The summed E-state index contributed by atoms with van der Waals surface area (Å²) in [5.74, 6) is 0.364. The third kappa shape index (κ3) is 4.27.